The molecule has 28 heavy (non-hydrogen) atoms. The molecular formula is C22H19N3OS2. The first-order valence-corrected chi connectivity index (χ1v) is 10.7. The van der Waals surface area contributed by atoms with Gasteiger partial charge in [-0.05, 0) is 41.8 Å². The molecule has 4 aromatic rings. The third-order valence-corrected chi connectivity index (χ3v) is 6.54. The standard InChI is InChI=1S/C22H19N3OS2/c1-14-10-11-15(2)17(12-14)13-27-22-25-24-21(28-22)23-20(26)19-9-5-7-16-6-3-4-8-18(16)19/h3-12H,13H2,1-2H3,(H,23,24,26). The summed E-state index contributed by atoms with van der Waals surface area (Å²) >= 11 is 3.04. The lowest BCUT2D eigenvalue weighted by Crippen LogP contribution is -2.12. The van der Waals surface area contributed by atoms with Gasteiger partial charge in [0.15, 0.2) is 4.34 Å². The number of aryl methyl sites for hydroxylation is 2. The lowest BCUT2D eigenvalue weighted by molar-refractivity contribution is 0.102. The Bertz CT molecular complexity index is 1150. The first-order chi connectivity index (χ1) is 13.6. The van der Waals surface area contributed by atoms with Gasteiger partial charge in [0.25, 0.3) is 5.91 Å². The summed E-state index contributed by atoms with van der Waals surface area (Å²) in [5.41, 5.74) is 4.45. The van der Waals surface area contributed by atoms with E-state index in [0.717, 1.165) is 20.9 Å². The van der Waals surface area contributed by atoms with Crippen molar-refractivity contribution in [3.8, 4) is 0 Å². The molecule has 0 unspecified atom stereocenters. The highest BCUT2D eigenvalue weighted by molar-refractivity contribution is 8.00. The molecule has 3 aromatic carbocycles. The molecule has 140 valence electrons. The van der Waals surface area contributed by atoms with Crippen molar-refractivity contribution in [2.45, 2.75) is 23.9 Å². The molecule has 0 bridgehead atoms. The van der Waals surface area contributed by atoms with Crippen LogP contribution in [0.4, 0.5) is 5.13 Å². The number of hydrogen-bond donors (Lipinski definition) is 1. The number of nitrogens with zero attached hydrogens (tertiary/aromatic N) is 2. The second kappa shape index (κ2) is 8.12. The van der Waals surface area contributed by atoms with Gasteiger partial charge in [-0.2, -0.15) is 0 Å². The van der Waals surface area contributed by atoms with Crippen LogP contribution < -0.4 is 5.32 Å². The summed E-state index contributed by atoms with van der Waals surface area (Å²) in [6.45, 7) is 4.21. The normalized spacial score (nSPS) is 10.9. The van der Waals surface area contributed by atoms with Crippen LogP contribution in [0.2, 0.25) is 0 Å². The maximum absolute atomic E-state index is 12.7. The van der Waals surface area contributed by atoms with Gasteiger partial charge in [-0.15, -0.1) is 10.2 Å². The van der Waals surface area contributed by atoms with Crippen LogP contribution in [0.3, 0.4) is 0 Å². The first kappa shape index (κ1) is 18.7. The van der Waals surface area contributed by atoms with Gasteiger partial charge in [-0.25, -0.2) is 0 Å². The van der Waals surface area contributed by atoms with Crippen LogP contribution >= 0.6 is 23.1 Å². The van der Waals surface area contributed by atoms with Crippen LogP contribution in [0.25, 0.3) is 10.8 Å². The molecule has 0 aliphatic rings. The summed E-state index contributed by atoms with van der Waals surface area (Å²) in [5.74, 6) is 0.665. The number of anilines is 1. The summed E-state index contributed by atoms with van der Waals surface area (Å²) in [6, 6.07) is 20.0. The fourth-order valence-corrected chi connectivity index (χ4v) is 4.81. The van der Waals surface area contributed by atoms with Crippen LogP contribution in [-0.4, -0.2) is 16.1 Å². The molecule has 1 amide bonds. The number of hydrogen-bond acceptors (Lipinski definition) is 5. The highest BCUT2D eigenvalue weighted by Crippen LogP contribution is 2.30. The quantitative estimate of drug-likeness (QED) is 0.334. The fraction of sp³-hybridized carbons (Fsp3) is 0.136. The SMILES string of the molecule is Cc1ccc(C)c(CSc2nnc(NC(=O)c3cccc4ccccc34)s2)c1. The highest BCUT2D eigenvalue weighted by atomic mass is 32.2. The summed E-state index contributed by atoms with van der Waals surface area (Å²) < 4.78 is 0.842. The Balaban J connectivity index is 1.46. The molecule has 0 spiro atoms. The van der Waals surface area contributed by atoms with Gasteiger partial charge < -0.3 is 0 Å². The minimum Gasteiger partial charge on any atom is -0.296 e. The maximum atomic E-state index is 12.7. The molecule has 0 saturated carbocycles. The number of aromatic nitrogens is 2. The molecule has 0 aliphatic carbocycles. The van der Waals surface area contributed by atoms with Gasteiger partial charge >= 0.3 is 0 Å². The van der Waals surface area contributed by atoms with E-state index in [-0.39, 0.29) is 5.91 Å². The molecule has 0 radical (unpaired) electrons. The zero-order chi connectivity index (χ0) is 19.5. The van der Waals surface area contributed by atoms with E-state index in [9.17, 15) is 4.79 Å². The lowest BCUT2D eigenvalue weighted by Gasteiger charge is -2.05. The van der Waals surface area contributed by atoms with E-state index in [4.69, 9.17) is 0 Å². The molecule has 1 N–H and O–H groups in total. The number of benzene rings is 3. The van der Waals surface area contributed by atoms with E-state index in [1.54, 1.807) is 11.8 Å². The van der Waals surface area contributed by atoms with Crippen LogP contribution in [0.1, 0.15) is 27.0 Å². The Labute approximate surface area is 172 Å². The number of carbonyl (C=O) groups excluding carboxylic acids is 1. The van der Waals surface area contributed by atoms with Crippen LogP contribution in [0, 0.1) is 13.8 Å². The number of rotatable bonds is 5. The Hall–Kier alpha value is -2.70. The van der Waals surface area contributed by atoms with Gasteiger partial charge in [-0.3, -0.25) is 10.1 Å². The number of fused-ring (bicyclic) bond motifs is 1. The Kier molecular flexibility index (Phi) is 5.41. The predicted octanol–water partition coefficient (Wildman–Crippen LogP) is 5.85. The molecule has 0 fully saturated rings. The average Bonchev–Trinajstić information content (AvgIpc) is 3.15. The van der Waals surface area contributed by atoms with E-state index >= 15 is 0 Å². The van der Waals surface area contributed by atoms with Gasteiger partial charge in [0, 0.05) is 11.3 Å². The van der Waals surface area contributed by atoms with E-state index in [1.807, 2.05) is 42.5 Å². The number of nitrogens with one attached hydrogen (secondary N) is 1. The number of amides is 1. The summed E-state index contributed by atoms with van der Waals surface area (Å²) in [6.07, 6.45) is 0. The van der Waals surface area contributed by atoms with E-state index in [0.29, 0.717) is 10.7 Å². The molecule has 4 nitrogen and oxygen atoms in total. The third kappa shape index (κ3) is 4.08. The van der Waals surface area contributed by atoms with Crippen molar-refractivity contribution < 1.29 is 4.79 Å². The molecule has 6 heteroatoms. The van der Waals surface area contributed by atoms with E-state index in [1.165, 1.54) is 28.0 Å². The Morgan fingerprint density at radius 2 is 1.86 bits per heavy atom. The van der Waals surface area contributed by atoms with Crippen molar-refractivity contribution in [3.05, 3.63) is 82.9 Å². The van der Waals surface area contributed by atoms with Crippen LogP contribution in [0.15, 0.2) is 65.0 Å². The highest BCUT2D eigenvalue weighted by Gasteiger charge is 2.13. The van der Waals surface area contributed by atoms with E-state index < -0.39 is 0 Å². The minimum atomic E-state index is -0.168. The summed E-state index contributed by atoms with van der Waals surface area (Å²) in [7, 11) is 0. The van der Waals surface area contributed by atoms with Gasteiger partial charge in [0.1, 0.15) is 0 Å². The molecule has 0 aliphatic heterocycles. The fourth-order valence-electron chi connectivity index (χ4n) is 3.00. The topological polar surface area (TPSA) is 54.9 Å². The smallest absolute Gasteiger partial charge is 0.258 e. The van der Waals surface area contributed by atoms with Gasteiger partial charge in [0.05, 0.1) is 0 Å². The molecule has 0 atom stereocenters. The largest absolute Gasteiger partial charge is 0.296 e. The molecule has 4 rings (SSSR count). The van der Waals surface area contributed by atoms with Crippen molar-refractivity contribution in [2.24, 2.45) is 0 Å². The van der Waals surface area contributed by atoms with Crippen molar-refractivity contribution in [2.75, 3.05) is 5.32 Å². The zero-order valence-corrected chi connectivity index (χ0v) is 17.2. The van der Waals surface area contributed by atoms with Crippen LogP contribution in [0.5, 0.6) is 0 Å². The minimum absolute atomic E-state index is 0.168. The number of carbonyl (C=O) groups is 1. The molecular weight excluding hydrogens is 386 g/mol. The Morgan fingerprint density at radius 3 is 2.75 bits per heavy atom. The van der Waals surface area contributed by atoms with E-state index in [2.05, 4.69) is 47.6 Å². The molecule has 1 aromatic heterocycles. The number of thioether (sulfide) groups is 1. The van der Waals surface area contributed by atoms with Crippen LogP contribution in [-0.2, 0) is 5.75 Å². The van der Waals surface area contributed by atoms with Crippen molar-refractivity contribution in [1.29, 1.82) is 0 Å². The van der Waals surface area contributed by atoms with Gasteiger partial charge in [-0.1, -0.05) is 83.3 Å². The van der Waals surface area contributed by atoms with Gasteiger partial charge in [0.2, 0.25) is 5.13 Å². The third-order valence-electron chi connectivity index (χ3n) is 4.52. The van der Waals surface area contributed by atoms with Crippen molar-refractivity contribution >= 4 is 44.9 Å². The second-order valence-electron chi connectivity index (χ2n) is 6.57. The van der Waals surface area contributed by atoms with Crippen molar-refractivity contribution in [3.63, 3.8) is 0 Å². The first-order valence-electron chi connectivity index (χ1n) is 8.92. The Morgan fingerprint density at radius 1 is 1.04 bits per heavy atom. The lowest BCUT2D eigenvalue weighted by atomic mass is 10.0. The monoisotopic (exact) mass is 405 g/mol. The molecule has 0 saturated heterocycles. The molecule has 1 heterocycles. The second-order valence-corrected chi connectivity index (χ2v) is 8.77. The zero-order valence-electron chi connectivity index (χ0n) is 15.6. The summed E-state index contributed by atoms with van der Waals surface area (Å²) in [5, 5.41) is 13.7. The predicted molar refractivity (Wildman–Crippen MR) is 117 cm³/mol. The summed E-state index contributed by atoms with van der Waals surface area (Å²) in [4.78, 5) is 12.7. The average molecular weight is 406 g/mol. The van der Waals surface area contributed by atoms with Crippen molar-refractivity contribution in [1.82, 2.24) is 10.2 Å². The maximum Gasteiger partial charge on any atom is 0.258 e.